The second kappa shape index (κ2) is 4.85. The predicted octanol–water partition coefficient (Wildman–Crippen LogP) is 3.91. The molecule has 0 N–H and O–H groups in total. The smallest absolute Gasteiger partial charge is 0.0265 e. The van der Waals surface area contributed by atoms with Crippen LogP contribution in [-0.4, -0.2) is 11.4 Å². The molecule has 0 spiro atoms. The third-order valence-electron chi connectivity index (χ3n) is 3.82. The highest BCUT2D eigenvalue weighted by molar-refractivity contribution is 5.33. The first-order chi connectivity index (χ1) is 8.84. The Kier molecular flexibility index (Phi) is 3.06. The number of allylic oxidation sites excluding steroid dienone is 5. The molecule has 1 heterocycles. The number of rotatable bonds is 3. The molecular weight excluding hydrogens is 218 g/mol. The summed E-state index contributed by atoms with van der Waals surface area (Å²) in [6.07, 6.45) is 11.4. The molecule has 1 nitrogen and oxygen atoms in total. The summed E-state index contributed by atoms with van der Waals surface area (Å²) in [5.74, 6) is 0.616. The third-order valence-corrected chi connectivity index (χ3v) is 3.82. The lowest BCUT2D eigenvalue weighted by atomic mass is 9.98. The van der Waals surface area contributed by atoms with Gasteiger partial charge in [-0.05, 0) is 31.4 Å². The molecule has 92 valence electrons. The average molecular weight is 237 g/mol. The average Bonchev–Trinajstić information content (AvgIpc) is 2.73. The summed E-state index contributed by atoms with van der Waals surface area (Å²) < 4.78 is 0. The molecule has 0 radical (unpaired) electrons. The molecule has 3 rings (SSSR count). The van der Waals surface area contributed by atoms with Crippen molar-refractivity contribution in [3.63, 3.8) is 0 Å². The van der Waals surface area contributed by atoms with E-state index in [1.54, 1.807) is 0 Å². The Morgan fingerprint density at radius 3 is 2.89 bits per heavy atom. The molecule has 0 amide bonds. The van der Waals surface area contributed by atoms with Crippen molar-refractivity contribution < 1.29 is 0 Å². The van der Waals surface area contributed by atoms with Gasteiger partial charge in [0.2, 0.25) is 0 Å². The van der Waals surface area contributed by atoms with E-state index in [0.29, 0.717) is 5.92 Å². The highest BCUT2D eigenvalue weighted by Crippen LogP contribution is 2.35. The van der Waals surface area contributed by atoms with E-state index in [4.69, 9.17) is 0 Å². The van der Waals surface area contributed by atoms with Crippen molar-refractivity contribution in [1.82, 2.24) is 4.90 Å². The lowest BCUT2D eigenvalue weighted by Crippen LogP contribution is -2.22. The first-order valence-electron chi connectivity index (χ1n) is 6.71. The maximum atomic E-state index is 2.47. The van der Waals surface area contributed by atoms with E-state index in [0.717, 1.165) is 19.4 Å². The highest BCUT2D eigenvalue weighted by atomic mass is 15.2. The molecule has 1 aromatic carbocycles. The zero-order valence-corrected chi connectivity index (χ0v) is 10.8. The van der Waals surface area contributed by atoms with Crippen LogP contribution in [0.4, 0.5) is 0 Å². The summed E-state index contributed by atoms with van der Waals surface area (Å²) >= 11 is 0. The molecule has 1 aliphatic carbocycles. The van der Waals surface area contributed by atoms with Crippen LogP contribution in [0.15, 0.2) is 66.0 Å². The summed E-state index contributed by atoms with van der Waals surface area (Å²) in [7, 11) is 0. The monoisotopic (exact) mass is 237 g/mol. The lowest BCUT2D eigenvalue weighted by Gasteiger charge is -2.25. The summed E-state index contributed by atoms with van der Waals surface area (Å²) in [5, 5.41) is 0. The van der Waals surface area contributed by atoms with Crippen molar-refractivity contribution in [2.45, 2.75) is 19.8 Å². The molecule has 2 aliphatic rings. The van der Waals surface area contributed by atoms with Crippen LogP contribution in [0.2, 0.25) is 0 Å². The van der Waals surface area contributed by atoms with Crippen molar-refractivity contribution in [3.05, 3.63) is 71.6 Å². The molecule has 1 unspecified atom stereocenters. The fourth-order valence-corrected chi connectivity index (χ4v) is 2.86. The van der Waals surface area contributed by atoms with Gasteiger partial charge in [-0.15, -0.1) is 0 Å². The molecule has 18 heavy (non-hydrogen) atoms. The Morgan fingerprint density at radius 2 is 2.06 bits per heavy atom. The van der Waals surface area contributed by atoms with E-state index in [-0.39, 0.29) is 0 Å². The Balaban J connectivity index is 1.71. The van der Waals surface area contributed by atoms with Crippen molar-refractivity contribution >= 4 is 0 Å². The number of hydrogen-bond acceptors (Lipinski definition) is 1. The predicted molar refractivity (Wildman–Crippen MR) is 75.9 cm³/mol. The standard InChI is InChI=1S/C17H19N/c1-14-13-16-9-5-6-10-17(16)18(14)12-11-15-7-3-2-4-8-15/h2-8,10,13,16H,9,11-12H2,1H3. The van der Waals surface area contributed by atoms with E-state index in [1.165, 1.54) is 17.0 Å². The lowest BCUT2D eigenvalue weighted by molar-refractivity contribution is 0.424. The first kappa shape index (κ1) is 11.3. The quantitative estimate of drug-likeness (QED) is 0.770. The number of hydrogen-bond donors (Lipinski definition) is 0. The molecule has 0 bridgehead atoms. The fraction of sp³-hybridized carbons (Fsp3) is 0.294. The summed E-state index contributed by atoms with van der Waals surface area (Å²) in [5.41, 5.74) is 4.30. The molecular formula is C17H19N. The minimum atomic E-state index is 0.616. The zero-order valence-electron chi connectivity index (χ0n) is 10.8. The molecule has 0 saturated carbocycles. The van der Waals surface area contributed by atoms with Gasteiger partial charge in [0.25, 0.3) is 0 Å². The van der Waals surface area contributed by atoms with Crippen LogP contribution in [0.3, 0.4) is 0 Å². The fourth-order valence-electron chi connectivity index (χ4n) is 2.86. The van der Waals surface area contributed by atoms with Crippen LogP contribution in [0.1, 0.15) is 18.9 Å². The van der Waals surface area contributed by atoms with Gasteiger partial charge in [0.1, 0.15) is 0 Å². The maximum absolute atomic E-state index is 2.47. The zero-order chi connectivity index (χ0) is 12.4. The van der Waals surface area contributed by atoms with Crippen molar-refractivity contribution in [3.8, 4) is 0 Å². The largest absolute Gasteiger partial charge is 0.348 e. The van der Waals surface area contributed by atoms with Crippen molar-refractivity contribution in [2.24, 2.45) is 5.92 Å². The Labute approximate surface area is 109 Å². The van der Waals surface area contributed by atoms with Gasteiger partial charge in [0.05, 0.1) is 0 Å². The van der Waals surface area contributed by atoms with Crippen molar-refractivity contribution in [1.29, 1.82) is 0 Å². The van der Waals surface area contributed by atoms with E-state index in [2.05, 4.69) is 66.5 Å². The number of nitrogens with zero attached hydrogens (tertiary/aromatic N) is 1. The minimum absolute atomic E-state index is 0.616. The Bertz CT molecular complexity index is 508. The SMILES string of the molecule is CC1=CC2CC=CC=C2N1CCc1ccccc1. The van der Waals surface area contributed by atoms with E-state index in [1.807, 2.05) is 0 Å². The summed E-state index contributed by atoms with van der Waals surface area (Å²) in [4.78, 5) is 2.47. The second-order valence-electron chi connectivity index (χ2n) is 5.06. The first-order valence-corrected chi connectivity index (χ1v) is 6.71. The number of benzene rings is 1. The van der Waals surface area contributed by atoms with Gasteiger partial charge in [-0.2, -0.15) is 0 Å². The van der Waals surface area contributed by atoms with Crippen molar-refractivity contribution in [2.75, 3.05) is 6.54 Å². The van der Waals surface area contributed by atoms with Gasteiger partial charge in [-0.3, -0.25) is 0 Å². The normalized spacial score (nSPS) is 21.6. The molecule has 0 saturated heterocycles. The molecule has 1 aliphatic heterocycles. The van der Waals surface area contributed by atoms with E-state index in [9.17, 15) is 0 Å². The second-order valence-corrected chi connectivity index (χ2v) is 5.06. The van der Waals surface area contributed by atoms with Gasteiger partial charge in [0.15, 0.2) is 0 Å². The van der Waals surface area contributed by atoms with Crippen LogP contribution < -0.4 is 0 Å². The topological polar surface area (TPSA) is 3.24 Å². The number of fused-ring (bicyclic) bond motifs is 1. The Morgan fingerprint density at radius 1 is 1.22 bits per heavy atom. The minimum Gasteiger partial charge on any atom is -0.348 e. The van der Waals surface area contributed by atoms with Crippen LogP contribution in [0, 0.1) is 5.92 Å². The van der Waals surface area contributed by atoms with Gasteiger partial charge in [0, 0.05) is 23.9 Å². The van der Waals surface area contributed by atoms with Gasteiger partial charge >= 0.3 is 0 Å². The van der Waals surface area contributed by atoms with Crippen LogP contribution in [0.5, 0.6) is 0 Å². The van der Waals surface area contributed by atoms with E-state index < -0.39 is 0 Å². The van der Waals surface area contributed by atoms with Crippen LogP contribution in [-0.2, 0) is 6.42 Å². The van der Waals surface area contributed by atoms with Gasteiger partial charge in [-0.25, -0.2) is 0 Å². The molecule has 0 aromatic heterocycles. The van der Waals surface area contributed by atoms with E-state index >= 15 is 0 Å². The van der Waals surface area contributed by atoms with Crippen LogP contribution >= 0.6 is 0 Å². The summed E-state index contributed by atoms with van der Waals surface area (Å²) in [6, 6.07) is 10.7. The maximum Gasteiger partial charge on any atom is 0.0265 e. The molecule has 0 fully saturated rings. The highest BCUT2D eigenvalue weighted by Gasteiger charge is 2.26. The molecule has 1 atom stereocenters. The van der Waals surface area contributed by atoms with Crippen LogP contribution in [0.25, 0.3) is 0 Å². The molecule has 1 aromatic rings. The molecule has 1 heteroatoms. The Hall–Kier alpha value is -1.76. The summed E-state index contributed by atoms with van der Waals surface area (Å²) in [6.45, 7) is 3.31. The van der Waals surface area contributed by atoms with Gasteiger partial charge in [-0.1, -0.05) is 48.6 Å². The van der Waals surface area contributed by atoms with Gasteiger partial charge < -0.3 is 4.90 Å². The third kappa shape index (κ3) is 2.13.